The molecule has 1 unspecified atom stereocenters. The Kier molecular flexibility index (Phi) is 22.6. The summed E-state index contributed by atoms with van der Waals surface area (Å²) in [5.41, 5.74) is 0. The van der Waals surface area contributed by atoms with E-state index in [0.29, 0.717) is 0 Å². The number of aliphatic hydroxyl groups is 23. The molecule has 0 aromatic rings. The highest BCUT2D eigenvalue weighted by Crippen LogP contribution is 2.35. The molecule has 7 heterocycles. The highest BCUT2D eigenvalue weighted by atomic mass is 16.8. The molecule has 78 heavy (non-hydrogen) atoms. The zero-order chi connectivity index (χ0) is 57.3. The third kappa shape index (κ3) is 13.5. The van der Waals surface area contributed by atoms with Crippen molar-refractivity contribution in [3.8, 4) is 0 Å². The topological polar surface area (TPSA) is 585 Å². The second kappa shape index (κ2) is 27.5. The Morgan fingerprint density at radius 3 is 0.795 bits per heavy atom. The SMILES string of the molecule is OC[C@H]1O[C@@H](O[C@H]2[C@@H](O)[C@@H](CO)O[C@@H](O[C@H]3[C@@H](O)[C@@H](CO)O[C@@H](OC[C@H]4O[C@@H](OC[C@H]5O[C@@H](OC[C@H]6O[C@@H](OC[C@H]7OC(O)[C@H](O)[C@@H](O)[C@H]7O)[C@H](O)[C@@H](O)[C@H]6O)[C@H](O)[C@@H](O)[C@H]5O)[C@H](O)[C@@H](O)[C@H]4O)[C@@H]3O)[C@@H]2O)[C@H](O)[C@@H](O)[C@H]1O. The summed E-state index contributed by atoms with van der Waals surface area (Å²) in [5, 5.41) is 241. The van der Waals surface area contributed by atoms with E-state index in [0.717, 1.165) is 0 Å². The zero-order valence-corrected chi connectivity index (χ0v) is 40.8. The molecule has 0 spiro atoms. The predicted molar refractivity (Wildman–Crippen MR) is 232 cm³/mol. The molecule has 7 aliphatic rings. The number of hydrogen-bond acceptors (Lipinski definition) is 36. The lowest BCUT2D eigenvalue weighted by atomic mass is 9.96. The van der Waals surface area contributed by atoms with Crippen LogP contribution in [0.2, 0.25) is 0 Å². The van der Waals surface area contributed by atoms with Gasteiger partial charge in [0, 0.05) is 0 Å². The predicted octanol–water partition coefficient (Wildman–Crippen LogP) is -16.3. The van der Waals surface area contributed by atoms with Gasteiger partial charge in [-0.3, -0.25) is 0 Å². The fourth-order valence-corrected chi connectivity index (χ4v) is 9.57. The Morgan fingerprint density at radius 1 is 0.218 bits per heavy atom. The number of aliphatic hydroxyl groups excluding tert-OH is 23. The van der Waals surface area contributed by atoms with Crippen molar-refractivity contribution in [2.75, 3.05) is 46.2 Å². The molecule has 7 aliphatic heterocycles. The molecule has 0 radical (unpaired) electrons. The minimum Gasteiger partial charge on any atom is -0.394 e. The van der Waals surface area contributed by atoms with Crippen LogP contribution in [0.1, 0.15) is 0 Å². The molecular weight excluding hydrogens is 1080 g/mol. The second-order valence-corrected chi connectivity index (χ2v) is 19.7. The molecule has 35 atom stereocenters. The van der Waals surface area contributed by atoms with Gasteiger partial charge in [0.15, 0.2) is 44.0 Å². The first-order valence-electron chi connectivity index (χ1n) is 24.6. The first-order valence-corrected chi connectivity index (χ1v) is 24.6. The van der Waals surface area contributed by atoms with E-state index in [1.54, 1.807) is 0 Å². The molecule has 23 N–H and O–H groups in total. The zero-order valence-electron chi connectivity index (χ0n) is 40.8. The fraction of sp³-hybridized carbons (Fsp3) is 1.00. The highest BCUT2D eigenvalue weighted by Gasteiger charge is 2.56. The summed E-state index contributed by atoms with van der Waals surface area (Å²) >= 11 is 0. The van der Waals surface area contributed by atoms with E-state index >= 15 is 0 Å². The molecular formula is C42H72O36. The summed E-state index contributed by atoms with van der Waals surface area (Å²) in [6, 6.07) is 0. The van der Waals surface area contributed by atoms with E-state index in [4.69, 9.17) is 61.6 Å². The Labute approximate surface area is 439 Å². The molecule has 456 valence electrons. The first kappa shape index (κ1) is 64.1. The van der Waals surface area contributed by atoms with E-state index < -0.39 is 261 Å². The van der Waals surface area contributed by atoms with Crippen molar-refractivity contribution in [3.05, 3.63) is 0 Å². The van der Waals surface area contributed by atoms with E-state index in [9.17, 15) is 117 Å². The lowest BCUT2D eigenvalue weighted by Gasteiger charge is -2.48. The Hall–Kier alpha value is -1.44. The van der Waals surface area contributed by atoms with Crippen LogP contribution in [-0.4, -0.2) is 379 Å². The maximum Gasteiger partial charge on any atom is 0.187 e. The highest BCUT2D eigenvalue weighted by molar-refractivity contribution is 4.99. The van der Waals surface area contributed by atoms with Gasteiger partial charge < -0.3 is 179 Å². The van der Waals surface area contributed by atoms with E-state index in [1.165, 1.54) is 0 Å². The molecule has 0 aliphatic carbocycles. The maximum absolute atomic E-state index is 11.4. The van der Waals surface area contributed by atoms with Crippen molar-refractivity contribution >= 4 is 0 Å². The normalized spacial score (nSPS) is 53.5. The van der Waals surface area contributed by atoms with Gasteiger partial charge in [-0.05, 0) is 0 Å². The molecule has 0 amide bonds. The quantitative estimate of drug-likeness (QED) is 0.0571. The lowest BCUT2D eigenvalue weighted by molar-refractivity contribution is -0.383. The largest absolute Gasteiger partial charge is 0.394 e. The number of hydrogen-bond donors (Lipinski definition) is 23. The summed E-state index contributed by atoms with van der Waals surface area (Å²) in [6.45, 7) is -6.05. The van der Waals surface area contributed by atoms with Crippen LogP contribution in [0.3, 0.4) is 0 Å². The molecule has 0 saturated carbocycles. The molecule has 7 fully saturated rings. The van der Waals surface area contributed by atoms with Gasteiger partial charge in [-0.1, -0.05) is 0 Å². The maximum atomic E-state index is 11.4. The van der Waals surface area contributed by atoms with Gasteiger partial charge in [-0.2, -0.15) is 0 Å². The number of rotatable bonds is 19. The minimum atomic E-state index is -2.14. The molecule has 7 rings (SSSR count). The lowest BCUT2D eigenvalue weighted by Crippen LogP contribution is -2.67. The fourth-order valence-electron chi connectivity index (χ4n) is 9.57. The summed E-state index contributed by atoms with van der Waals surface area (Å²) in [5.74, 6) is 0. The van der Waals surface area contributed by atoms with Crippen molar-refractivity contribution in [3.63, 3.8) is 0 Å². The third-order valence-electron chi connectivity index (χ3n) is 14.5. The monoisotopic (exact) mass is 1150 g/mol. The number of ether oxygens (including phenoxy) is 13. The second-order valence-electron chi connectivity index (χ2n) is 19.7. The smallest absolute Gasteiger partial charge is 0.187 e. The Bertz CT molecular complexity index is 1820. The third-order valence-corrected chi connectivity index (χ3v) is 14.5. The van der Waals surface area contributed by atoms with Crippen molar-refractivity contribution in [1.82, 2.24) is 0 Å². The summed E-state index contributed by atoms with van der Waals surface area (Å²) in [7, 11) is 0. The molecule has 0 aromatic heterocycles. The van der Waals surface area contributed by atoms with Crippen molar-refractivity contribution in [2.24, 2.45) is 0 Å². The average Bonchev–Trinajstić information content (AvgIpc) is 3.51. The summed E-state index contributed by atoms with van der Waals surface area (Å²) in [6.07, 6.45) is -66.0. The van der Waals surface area contributed by atoms with Crippen molar-refractivity contribution in [1.29, 1.82) is 0 Å². The molecule has 7 saturated heterocycles. The van der Waals surface area contributed by atoms with Crippen LogP contribution in [-0.2, 0) is 61.6 Å². The summed E-state index contributed by atoms with van der Waals surface area (Å²) in [4.78, 5) is 0. The van der Waals surface area contributed by atoms with E-state index in [1.807, 2.05) is 0 Å². The van der Waals surface area contributed by atoms with Crippen LogP contribution < -0.4 is 0 Å². The van der Waals surface area contributed by atoms with Crippen molar-refractivity contribution in [2.45, 2.75) is 215 Å². The van der Waals surface area contributed by atoms with Gasteiger partial charge in [0.25, 0.3) is 0 Å². The molecule has 0 bridgehead atoms. The first-order chi connectivity index (χ1) is 36.8. The van der Waals surface area contributed by atoms with Crippen molar-refractivity contribution < 1.29 is 179 Å². The van der Waals surface area contributed by atoms with Gasteiger partial charge in [-0.15, -0.1) is 0 Å². The molecule has 36 heteroatoms. The van der Waals surface area contributed by atoms with Crippen LogP contribution in [0.5, 0.6) is 0 Å². The Balaban J connectivity index is 0.942. The molecule has 0 aromatic carbocycles. The Morgan fingerprint density at radius 2 is 0.449 bits per heavy atom. The van der Waals surface area contributed by atoms with E-state index in [-0.39, 0.29) is 0 Å². The minimum absolute atomic E-state index is 0.713. The van der Waals surface area contributed by atoms with Crippen LogP contribution in [0.15, 0.2) is 0 Å². The van der Waals surface area contributed by atoms with Gasteiger partial charge in [0.2, 0.25) is 0 Å². The van der Waals surface area contributed by atoms with Crippen LogP contribution in [0.4, 0.5) is 0 Å². The summed E-state index contributed by atoms with van der Waals surface area (Å²) < 4.78 is 71.4. The van der Waals surface area contributed by atoms with Gasteiger partial charge in [-0.25, -0.2) is 0 Å². The van der Waals surface area contributed by atoms with Crippen LogP contribution in [0.25, 0.3) is 0 Å². The standard InChI is InChI=1S/C42H72O36/c43-1-8-15(46)23(54)31(62)41(72-8)77-35-21(52)10(3-45)73-42(33(35)64)78-34-20(51)9(2-44)71-40(32(34)63)69-7-14-19(50)26(57)30(61)39(76-14)68-6-13-18(49)25(56)29(60)38(75-13)67-5-12-17(48)24(55)28(59)37(74-12)66-4-11-16(47)22(53)27(58)36(65)70-11/h8-65H,1-7H2/t8-,9-,10-,11-,12-,13-,14-,15+,16+,17+,18+,19+,20+,21+,22+,23+,24+,25+,26+,27-,28-,29-,30-,31-,32-,33-,34+,35+,36?,37-,38-,39-,40-,41+,42+/m1/s1. The van der Waals surface area contributed by atoms with Gasteiger partial charge in [0.05, 0.1) is 46.2 Å². The van der Waals surface area contributed by atoms with Crippen LogP contribution in [0, 0.1) is 0 Å². The molecule has 36 nitrogen and oxygen atoms in total. The van der Waals surface area contributed by atoms with Gasteiger partial charge in [0.1, 0.15) is 171 Å². The average molecular weight is 1150 g/mol. The van der Waals surface area contributed by atoms with E-state index in [2.05, 4.69) is 0 Å². The van der Waals surface area contributed by atoms with Gasteiger partial charge >= 0.3 is 0 Å². The van der Waals surface area contributed by atoms with Crippen LogP contribution >= 0.6 is 0 Å².